The van der Waals surface area contributed by atoms with Gasteiger partial charge in [0.15, 0.2) is 0 Å². The third-order valence-corrected chi connectivity index (χ3v) is 6.12. The Labute approximate surface area is 165 Å². The number of carbonyl (C=O) groups excluding carboxylic acids is 3. The van der Waals surface area contributed by atoms with Gasteiger partial charge in [-0.05, 0) is 37.8 Å². The second-order valence-electron chi connectivity index (χ2n) is 7.85. The van der Waals surface area contributed by atoms with Crippen LogP contribution in [0.15, 0.2) is 18.3 Å². The van der Waals surface area contributed by atoms with Gasteiger partial charge in [-0.25, -0.2) is 0 Å². The summed E-state index contributed by atoms with van der Waals surface area (Å²) in [7, 11) is 5.19. The van der Waals surface area contributed by atoms with Crippen LogP contribution in [0, 0.1) is 5.41 Å². The molecule has 8 heteroatoms. The smallest absolute Gasteiger partial charge is 0.270 e. The summed E-state index contributed by atoms with van der Waals surface area (Å²) in [5.74, 6) is -0.0877. The molecule has 0 aliphatic carbocycles. The number of aromatic nitrogens is 1. The number of methoxy groups -OCH3 is 1. The van der Waals surface area contributed by atoms with E-state index in [2.05, 4.69) is 5.32 Å². The van der Waals surface area contributed by atoms with E-state index in [4.69, 9.17) is 4.74 Å². The van der Waals surface area contributed by atoms with Gasteiger partial charge in [-0.15, -0.1) is 0 Å². The Morgan fingerprint density at radius 2 is 2.00 bits per heavy atom. The van der Waals surface area contributed by atoms with Gasteiger partial charge in [0, 0.05) is 53.6 Å². The summed E-state index contributed by atoms with van der Waals surface area (Å²) in [5, 5.41) is 2.90. The number of hydrogen-bond donors (Lipinski definition) is 1. The monoisotopic (exact) mass is 390 g/mol. The maximum absolute atomic E-state index is 13.0. The molecule has 2 aliphatic rings. The topological polar surface area (TPSA) is 83.9 Å². The Bertz CT molecular complexity index is 736. The molecule has 28 heavy (non-hydrogen) atoms. The van der Waals surface area contributed by atoms with Crippen molar-refractivity contribution in [2.45, 2.75) is 31.7 Å². The Balaban J connectivity index is 1.60. The quantitative estimate of drug-likeness (QED) is 0.722. The molecule has 2 fully saturated rings. The number of amides is 3. The maximum atomic E-state index is 13.0. The van der Waals surface area contributed by atoms with Crippen LogP contribution in [-0.4, -0.2) is 78.5 Å². The zero-order valence-electron chi connectivity index (χ0n) is 16.9. The normalized spacial score (nSPS) is 21.4. The van der Waals surface area contributed by atoms with Gasteiger partial charge in [0.1, 0.15) is 11.7 Å². The predicted octanol–water partition coefficient (Wildman–Crippen LogP) is 0.631. The molecule has 0 saturated carbocycles. The van der Waals surface area contributed by atoms with E-state index in [0.29, 0.717) is 51.2 Å². The summed E-state index contributed by atoms with van der Waals surface area (Å²) in [6.45, 7) is 2.20. The van der Waals surface area contributed by atoms with Gasteiger partial charge in [0.05, 0.1) is 5.41 Å². The molecule has 1 spiro atoms. The highest BCUT2D eigenvalue weighted by molar-refractivity contribution is 5.95. The van der Waals surface area contributed by atoms with E-state index in [1.807, 2.05) is 34.8 Å². The van der Waals surface area contributed by atoms with E-state index in [-0.39, 0.29) is 17.7 Å². The van der Waals surface area contributed by atoms with Crippen molar-refractivity contribution in [3.05, 3.63) is 24.0 Å². The van der Waals surface area contributed by atoms with Crippen molar-refractivity contribution in [3.8, 4) is 0 Å². The zero-order chi connectivity index (χ0) is 20.3. The lowest BCUT2D eigenvalue weighted by Crippen LogP contribution is -2.46. The molecule has 154 valence electrons. The minimum absolute atomic E-state index is 0.00594. The molecule has 1 aromatic heterocycles. The molecule has 3 amide bonds. The van der Waals surface area contributed by atoms with Crippen LogP contribution >= 0.6 is 0 Å². The average molecular weight is 390 g/mol. The predicted molar refractivity (Wildman–Crippen MR) is 104 cm³/mol. The zero-order valence-corrected chi connectivity index (χ0v) is 16.9. The van der Waals surface area contributed by atoms with Crippen LogP contribution in [0.2, 0.25) is 0 Å². The van der Waals surface area contributed by atoms with Crippen molar-refractivity contribution in [2.24, 2.45) is 12.5 Å². The Morgan fingerprint density at radius 3 is 2.61 bits per heavy atom. The van der Waals surface area contributed by atoms with Crippen molar-refractivity contribution in [2.75, 3.05) is 40.4 Å². The molecule has 3 rings (SSSR count). The third kappa shape index (κ3) is 3.78. The number of carbonyl (C=O) groups is 3. The van der Waals surface area contributed by atoms with Crippen molar-refractivity contribution >= 4 is 17.7 Å². The van der Waals surface area contributed by atoms with E-state index in [1.165, 1.54) is 0 Å². The highest BCUT2D eigenvalue weighted by atomic mass is 16.5. The van der Waals surface area contributed by atoms with Gasteiger partial charge in [0.25, 0.3) is 5.91 Å². The number of nitrogens with one attached hydrogen (secondary N) is 1. The second-order valence-corrected chi connectivity index (χ2v) is 7.85. The van der Waals surface area contributed by atoms with E-state index in [0.717, 1.165) is 6.42 Å². The van der Waals surface area contributed by atoms with Crippen LogP contribution < -0.4 is 5.32 Å². The Kier molecular flexibility index (Phi) is 6.07. The summed E-state index contributed by atoms with van der Waals surface area (Å²) in [4.78, 5) is 41.6. The summed E-state index contributed by atoms with van der Waals surface area (Å²) < 4.78 is 6.80. The number of likely N-dealkylation sites (N-methyl/N-ethyl adjacent to an activating group) is 1. The molecule has 2 saturated heterocycles. The number of piperidine rings is 1. The highest BCUT2D eigenvalue weighted by Crippen LogP contribution is 2.44. The number of rotatable bonds is 6. The van der Waals surface area contributed by atoms with Crippen LogP contribution in [-0.2, 0) is 21.4 Å². The molecule has 1 N–H and O–H groups in total. The second kappa shape index (κ2) is 8.34. The fourth-order valence-electron chi connectivity index (χ4n) is 4.33. The van der Waals surface area contributed by atoms with Gasteiger partial charge >= 0.3 is 0 Å². The van der Waals surface area contributed by atoms with E-state index in [1.54, 1.807) is 19.1 Å². The molecule has 8 nitrogen and oxygen atoms in total. The first-order chi connectivity index (χ1) is 13.4. The van der Waals surface area contributed by atoms with E-state index < -0.39 is 11.5 Å². The van der Waals surface area contributed by atoms with Crippen molar-refractivity contribution in [3.63, 3.8) is 0 Å². The van der Waals surface area contributed by atoms with Crippen LogP contribution in [0.5, 0.6) is 0 Å². The van der Waals surface area contributed by atoms with Gasteiger partial charge in [0.2, 0.25) is 11.8 Å². The minimum atomic E-state index is -0.533. The molecule has 1 aromatic rings. The number of ether oxygens (including phenoxy) is 1. The molecule has 3 heterocycles. The van der Waals surface area contributed by atoms with Crippen molar-refractivity contribution in [1.29, 1.82) is 0 Å². The molecule has 0 bridgehead atoms. The Hall–Kier alpha value is -2.35. The maximum Gasteiger partial charge on any atom is 0.270 e. The molecule has 0 unspecified atom stereocenters. The lowest BCUT2D eigenvalue weighted by atomic mass is 9.76. The standard InChI is InChI=1S/C20H30N4O4/c1-22-10-4-6-15(22)18(26)24-11-7-20(8-12-24)14-16(23(2)19(20)27)17(25)21-9-5-13-28-3/h4,6,10,16H,5,7-9,11-14H2,1-3H3,(H,21,25)/t16-/m0/s1. The van der Waals surface area contributed by atoms with E-state index in [9.17, 15) is 14.4 Å². The number of likely N-dealkylation sites (tertiary alicyclic amines) is 2. The van der Waals surface area contributed by atoms with Crippen molar-refractivity contribution in [1.82, 2.24) is 19.7 Å². The first kappa shape index (κ1) is 20.4. The fraction of sp³-hybridized carbons (Fsp3) is 0.650. The first-order valence-corrected chi connectivity index (χ1v) is 9.84. The average Bonchev–Trinajstić information content (AvgIpc) is 3.22. The molecule has 0 aromatic carbocycles. The molecule has 2 aliphatic heterocycles. The fourth-order valence-corrected chi connectivity index (χ4v) is 4.33. The van der Waals surface area contributed by atoms with Crippen molar-refractivity contribution < 1.29 is 19.1 Å². The Morgan fingerprint density at radius 1 is 1.29 bits per heavy atom. The number of hydrogen-bond acceptors (Lipinski definition) is 4. The minimum Gasteiger partial charge on any atom is -0.385 e. The number of nitrogens with zero attached hydrogens (tertiary/aromatic N) is 3. The lowest BCUT2D eigenvalue weighted by molar-refractivity contribution is -0.139. The highest BCUT2D eigenvalue weighted by Gasteiger charge is 2.53. The van der Waals surface area contributed by atoms with Crippen LogP contribution in [0.1, 0.15) is 36.2 Å². The SMILES string of the molecule is COCCCNC(=O)[C@@H]1CC2(CCN(C(=O)c3cccn3C)CC2)C(=O)N1C. The molecule has 1 atom stereocenters. The number of aryl methyl sites for hydroxylation is 1. The largest absolute Gasteiger partial charge is 0.385 e. The molecule has 0 radical (unpaired) electrons. The summed E-state index contributed by atoms with van der Waals surface area (Å²) in [6.07, 6.45) is 4.31. The van der Waals surface area contributed by atoms with Crippen LogP contribution in [0.25, 0.3) is 0 Å². The van der Waals surface area contributed by atoms with E-state index >= 15 is 0 Å². The first-order valence-electron chi connectivity index (χ1n) is 9.84. The summed E-state index contributed by atoms with van der Waals surface area (Å²) in [6, 6.07) is 3.22. The van der Waals surface area contributed by atoms with Gasteiger partial charge < -0.3 is 24.4 Å². The molecular formula is C20H30N4O4. The van der Waals surface area contributed by atoms with Crippen LogP contribution in [0.4, 0.5) is 0 Å². The lowest BCUT2D eigenvalue weighted by Gasteiger charge is -2.37. The van der Waals surface area contributed by atoms with Gasteiger partial charge in [-0.2, -0.15) is 0 Å². The summed E-state index contributed by atoms with van der Waals surface area (Å²) in [5.41, 5.74) is 0.119. The third-order valence-electron chi connectivity index (χ3n) is 6.12. The molecular weight excluding hydrogens is 360 g/mol. The van der Waals surface area contributed by atoms with Gasteiger partial charge in [-0.3, -0.25) is 14.4 Å². The van der Waals surface area contributed by atoms with Crippen LogP contribution in [0.3, 0.4) is 0 Å². The van der Waals surface area contributed by atoms with Gasteiger partial charge in [-0.1, -0.05) is 0 Å². The summed E-state index contributed by atoms with van der Waals surface area (Å²) >= 11 is 0.